The molecule has 4 nitrogen and oxygen atoms in total. The van der Waals surface area contributed by atoms with Gasteiger partial charge in [0.1, 0.15) is 5.75 Å². The van der Waals surface area contributed by atoms with Gasteiger partial charge in [-0.2, -0.15) is 13.2 Å². The lowest BCUT2D eigenvalue weighted by Gasteiger charge is -2.16. The molecule has 26 heavy (non-hydrogen) atoms. The van der Waals surface area contributed by atoms with Crippen molar-refractivity contribution in [3.63, 3.8) is 0 Å². The number of ether oxygens (including phenoxy) is 1. The molecule has 2 aromatic rings. The van der Waals surface area contributed by atoms with Gasteiger partial charge < -0.3 is 15.0 Å². The summed E-state index contributed by atoms with van der Waals surface area (Å²) in [6, 6.07) is 8.49. The third kappa shape index (κ3) is 5.09. The molecule has 2 rings (SSSR count). The predicted octanol–water partition coefficient (Wildman–Crippen LogP) is 4.84. The normalized spacial score (nSPS) is 11.0. The van der Waals surface area contributed by atoms with Gasteiger partial charge in [-0.05, 0) is 54.7 Å². The monoisotopic (exact) mass is 402 g/mol. The largest absolute Gasteiger partial charge is 0.431 e. The van der Waals surface area contributed by atoms with Crippen LogP contribution in [0.25, 0.3) is 0 Å². The summed E-state index contributed by atoms with van der Waals surface area (Å²) < 4.78 is 43.3. The zero-order valence-corrected chi connectivity index (χ0v) is 15.3. The molecule has 0 aliphatic carbocycles. The number of hydrogen-bond donors (Lipinski definition) is 1. The summed E-state index contributed by atoms with van der Waals surface area (Å²) >= 11 is 11.0. The highest BCUT2D eigenvalue weighted by Crippen LogP contribution is 2.30. The van der Waals surface area contributed by atoms with Crippen molar-refractivity contribution in [1.82, 2.24) is 4.90 Å². The van der Waals surface area contributed by atoms with Gasteiger partial charge >= 0.3 is 6.18 Å². The van der Waals surface area contributed by atoms with E-state index in [0.29, 0.717) is 5.02 Å². The van der Waals surface area contributed by atoms with E-state index >= 15 is 0 Å². The molecule has 0 saturated carbocycles. The van der Waals surface area contributed by atoms with Crippen LogP contribution in [0.5, 0.6) is 5.75 Å². The summed E-state index contributed by atoms with van der Waals surface area (Å²) in [5, 5.41) is 2.94. The minimum atomic E-state index is -4.45. The molecule has 0 aliphatic rings. The lowest BCUT2D eigenvalue weighted by Crippen LogP contribution is -2.26. The number of hydrogen-bond acceptors (Lipinski definition) is 3. The number of thiocarbonyl (C=S) groups is 1. The van der Waals surface area contributed by atoms with Gasteiger partial charge in [0.2, 0.25) is 0 Å². The quantitative estimate of drug-likeness (QED) is 0.746. The number of anilines is 1. The first-order chi connectivity index (χ1) is 12.1. The molecule has 2 aromatic carbocycles. The molecule has 0 radical (unpaired) electrons. The average Bonchev–Trinajstić information content (AvgIpc) is 2.55. The summed E-state index contributed by atoms with van der Waals surface area (Å²) in [6.07, 6.45) is -4.45. The Morgan fingerprint density at radius 1 is 1.15 bits per heavy atom. The molecule has 0 spiro atoms. The molecule has 1 N–H and O–H groups in total. The molecular formula is C17H14ClF3N2O2S. The van der Waals surface area contributed by atoms with Gasteiger partial charge in [-0.15, -0.1) is 0 Å². The van der Waals surface area contributed by atoms with Crippen LogP contribution in [-0.4, -0.2) is 30.1 Å². The SMILES string of the molecule is CN(C)C(=S)Oc1ccc(Cl)cc1C(=O)Nc1ccc(C(F)(F)F)cc1. The van der Waals surface area contributed by atoms with Crippen LogP contribution < -0.4 is 10.1 Å². The van der Waals surface area contributed by atoms with Gasteiger partial charge in [0, 0.05) is 24.8 Å². The van der Waals surface area contributed by atoms with E-state index in [1.54, 1.807) is 19.0 Å². The number of benzene rings is 2. The van der Waals surface area contributed by atoms with E-state index in [2.05, 4.69) is 5.32 Å². The van der Waals surface area contributed by atoms with Crippen LogP contribution in [0.15, 0.2) is 42.5 Å². The second-order valence-electron chi connectivity index (χ2n) is 5.43. The Hall–Kier alpha value is -2.32. The highest BCUT2D eigenvalue weighted by molar-refractivity contribution is 7.80. The molecule has 0 heterocycles. The fraction of sp³-hybridized carbons (Fsp3) is 0.176. The Bertz CT molecular complexity index is 824. The first kappa shape index (κ1) is 20.0. The van der Waals surface area contributed by atoms with Crippen LogP contribution in [0.1, 0.15) is 15.9 Å². The molecular weight excluding hydrogens is 389 g/mol. The number of halogens is 4. The van der Waals surface area contributed by atoms with Gasteiger partial charge in [0.05, 0.1) is 11.1 Å². The Morgan fingerprint density at radius 2 is 1.77 bits per heavy atom. The summed E-state index contributed by atoms with van der Waals surface area (Å²) in [5.74, 6) is -0.415. The third-order valence-corrected chi connectivity index (χ3v) is 3.90. The zero-order valence-electron chi connectivity index (χ0n) is 13.7. The maximum absolute atomic E-state index is 12.6. The molecule has 9 heteroatoms. The number of nitrogens with one attached hydrogen (secondary N) is 1. The van der Waals surface area contributed by atoms with E-state index in [9.17, 15) is 18.0 Å². The zero-order chi connectivity index (χ0) is 19.5. The lowest BCUT2D eigenvalue weighted by atomic mass is 10.1. The molecule has 0 saturated heterocycles. The standard InChI is InChI=1S/C17H14ClF3N2O2S/c1-23(2)16(26)25-14-8-5-11(18)9-13(14)15(24)22-12-6-3-10(4-7-12)17(19,20)21/h3-9H,1-2H3,(H,22,24). The number of carbonyl (C=O) groups excluding carboxylic acids is 1. The lowest BCUT2D eigenvalue weighted by molar-refractivity contribution is -0.137. The smallest absolute Gasteiger partial charge is 0.416 e. The van der Waals surface area contributed by atoms with Crippen LogP contribution in [0.3, 0.4) is 0 Å². The number of rotatable bonds is 3. The molecule has 0 fully saturated rings. The summed E-state index contributed by atoms with van der Waals surface area (Å²) in [4.78, 5) is 14.0. The third-order valence-electron chi connectivity index (χ3n) is 3.22. The molecule has 0 aromatic heterocycles. The van der Waals surface area contributed by atoms with E-state index in [1.807, 2.05) is 0 Å². The van der Waals surface area contributed by atoms with E-state index in [1.165, 1.54) is 18.2 Å². The van der Waals surface area contributed by atoms with Crippen LogP contribution in [0.2, 0.25) is 5.02 Å². The topological polar surface area (TPSA) is 41.6 Å². The number of amides is 1. The summed E-state index contributed by atoms with van der Waals surface area (Å²) in [5.41, 5.74) is -0.510. The minimum absolute atomic E-state index is 0.0987. The van der Waals surface area contributed by atoms with Crippen molar-refractivity contribution in [2.45, 2.75) is 6.18 Å². The van der Waals surface area contributed by atoms with Gasteiger partial charge in [-0.1, -0.05) is 11.6 Å². The van der Waals surface area contributed by atoms with Crippen molar-refractivity contribution in [2.75, 3.05) is 19.4 Å². The van der Waals surface area contributed by atoms with Crippen molar-refractivity contribution in [2.24, 2.45) is 0 Å². The number of nitrogens with zero attached hydrogens (tertiary/aromatic N) is 1. The molecule has 0 bridgehead atoms. The second kappa shape index (κ2) is 7.92. The Balaban J connectivity index is 2.23. The van der Waals surface area contributed by atoms with Gasteiger partial charge in [0.15, 0.2) is 0 Å². The van der Waals surface area contributed by atoms with Crippen molar-refractivity contribution in [3.8, 4) is 5.75 Å². The maximum atomic E-state index is 12.6. The Kier molecular flexibility index (Phi) is 6.09. The van der Waals surface area contributed by atoms with Crippen molar-refractivity contribution >= 4 is 40.6 Å². The van der Waals surface area contributed by atoms with Gasteiger partial charge in [-0.25, -0.2) is 0 Å². The molecule has 1 amide bonds. The van der Waals surface area contributed by atoms with Gasteiger partial charge in [-0.3, -0.25) is 4.79 Å². The average molecular weight is 403 g/mol. The molecule has 138 valence electrons. The van der Waals surface area contributed by atoms with Crippen molar-refractivity contribution in [1.29, 1.82) is 0 Å². The molecule has 0 aliphatic heterocycles. The Morgan fingerprint density at radius 3 is 2.31 bits per heavy atom. The second-order valence-corrected chi connectivity index (χ2v) is 6.22. The number of carbonyl (C=O) groups is 1. The summed E-state index contributed by atoms with van der Waals surface area (Å²) in [7, 11) is 3.36. The van der Waals surface area contributed by atoms with Crippen LogP contribution in [0, 0.1) is 0 Å². The van der Waals surface area contributed by atoms with E-state index in [4.69, 9.17) is 28.6 Å². The first-order valence-electron chi connectivity index (χ1n) is 7.25. The fourth-order valence-corrected chi connectivity index (χ4v) is 2.16. The highest BCUT2D eigenvalue weighted by atomic mass is 35.5. The van der Waals surface area contributed by atoms with Crippen LogP contribution >= 0.6 is 23.8 Å². The first-order valence-corrected chi connectivity index (χ1v) is 8.04. The number of alkyl halides is 3. The van der Waals surface area contributed by atoms with Crippen LogP contribution in [-0.2, 0) is 6.18 Å². The van der Waals surface area contributed by atoms with Crippen molar-refractivity contribution < 1.29 is 22.7 Å². The van der Waals surface area contributed by atoms with E-state index in [0.717, 1.165) is 24.3 Å². The van der Waals surface area contributed by atoms with E-state index < -0.39 is 17.6 Å². The molecule has 0 atom stereocenters. The fourth-order valence-electron chi connectivity index (χ4n) is 1.89. The highest BCUT2D eigenvalue weighted by Gasteiger charge is 2.30. The van der Waals surface area contributed by atoms with E-state index in [-0.39, 0.29) is 22.2 Å². The predicted molar refractivity (Wildman–Crippen MR) is 97.8 cm³/mol. The summed E-state index contributed by atoms with van der Waals surface area (Å²) in [6.45, 7) is 0. The van der Waals surface area contributed by atoms with Gasteiger partial charge in [0.25, 0.3) is 11.1 Å². The van der Waals surface area contributed by atoms with Crippen molar-refractivity contribution in [3.05, 3.63) is 58.6 Å². The Labute approximate surface area is 158 Å². The molecule has 0 unspecified atom stereocenters. The minimum Gasteiger partial charge on any atom is -0.431 e. The van der Waals surface area contributed by atoms with Crippen LogP contribution in [0.4, 0.5) is 18.9 Å². The maximum Gasteiger partial charge on any atom is 0.416 e.